The molecule has 13 heteroatoms. The van der Waals surface area contributed by atoms with Crippen LogP contribution in [0.3, 0.4) is 0 Å². The van der Waals surface area contributed by atoms with Crippen LogP contribution in [-0.4, -0.2) is 61.7 Å². The van der Waals surface area contributed by atoms with E-state index in [-0.39, 0.29) is 5.91 Å². The predicted molar refractivity (Wildman–Crippen MR) is 159 cm³/mol. The van der Waals surface area contributed by atoms with Crippen molar-refractivity contribution in [1.29, 1.82) is 5.26 Å². The van der Waals surface area contributed by atoms with Crippen molar-refractivity contribution < 1.29 is 21.6 Å². The van der Waals surface area contributed by atoms with Crippen molar-refractivity contribution in [2.45, 2.75) is 50.8 Å². The highest BCUT2D eigenvalue weighted by Crippen LogP contribution is 2.25. The Morgan fingerprint density at radius 3 is 2.13 bits per heavy atom. The summed E-state index contributed by atoms with van der Waals surface area (Å²) in [5.41, 5.74) is 0.966. The summed E-state index contributed by atoms with van der Waals surface area (Å²) in [6.07, 6.45) is 10.0. The van der Waals surface area contributed by atoms with Gasteiger partial charge in [-0.1, -0.05) is 38.0 Å². The summed E-state index contributed by atoms with van der Waals surface area (Å²) in [5, 5.41) is 15.4. The van der Waals surface area contributed by atoms with Crippen LogP contribution >= 0.6 is 11.3 Å². The number of sulfone groups is 1. The molecular formula is C26H41N5O5S3. The second-order valence-corrected chi connectivity index (χ2v) is 13.4. The molecule has 0 radical (unpaired) electrons. The molecule has 0 atom stereocenters. The maximum Gasteiger partial charge on any atom is 0.261 e. The van der Waals surface area contributed by atoms with Crippen LogP contribution in [0.25, 0.3) is 0 Å². The van der Waals surface area contributed by atoms with Crippen molar-refractivity contribution in [3.8, 4) is 6.19 Å². The van der Waals surface area contributed by atoms with Crippen molar-refractivity contribution in [2.75, 3.05) is 33.2 Å². The van der Waals surface area contributed by atoms with Crippen molar-refractivity contribution in [2.24, 2.45) is 10.9 Å². The van der Waals surface area contributed by atoms with Crippen LogP contribution in [0.1, 0.15) is 54.3 Å². The molecule has 0 unspecified atom stereocenters. The van der Waals surface area contributed by atoms with E-state index in [1.807, 2.05) is 37.6 Å². The fourth-order valence-corrected chi connectivity index (χ4v) is 5.23. The van der Waals surface area contributed by atoms with Gasteiger partial charge in [0.1, 0.15) is 5.84 Å². The van der Waals surface area contributed by atoms with Crippen molar-refractivity contribution in [1.82, 2.24) is 15.4 Å². The van der Waals surface area contributed by atoms with Crippen LogP contribution in [-0.2, 0) is 19.9 Å². The summed E-state index contributed by atoms with van der Waals surface area (Å²) in [5.74, 6) is 1.37. The van der Waals surface area contributed by atoms with Gasteiger partial charge in [0.05, 0.1) is 16.0 Å². The van der Waals surface area contributed by atoms with E-state index >= 15 is 0 Å². The molecule has 2 aromatic rings. The number of hydrogen-bond acceptors (Lipinski definition) is 8. The molecule has 1 aliphatic carbocycles. The Bertz CT molecular complexity index is 1260. The summed E-state index contributed by atoms with van der Waals surface area (Å²) in [6.45, 7) is 4.33. The number of thiophene rings is 1. The minimum Gasteiger partial charge on any atom is -0.354 e. The number of benzene rings is 1. The SMILES string of the molecule is CCCNS(C)(=O)=O.CN=C(NC#N)C1CCCC1.CNC(=O)c1cccs1.Cc1cccc(S(C)(=O)=O)c1. The molecule has 10 nitrogen and oxygen atoms in total. The lowest BCUT2D eigenvalue weighted by Crippen LogP contribution is -2.25. The van der Waals surface area contributed by atoms with E-state index in [0.29, 0.717) is 17.4 Å². The average Bonchev–Trinajstić information content (AvgIpc) is 3.61. The van der Waals surface area contributed by atoms with E-state index in [4.69, 9.17) is 5.26 Å². The van der Waals surface area contributed by atoms with Gasteiger partial charge >= 0.3 is 0 Å². The monoisotopic (exact) mass is 599 g/mol. The normalized spacial score (nSPS) is 13.3. The number of amidine groups is 1. The number of nitrogens with zero attached hydrogens (tertiary/aromatic N) is 2. The molecule has 39 heavy (non-hydrogen) atoms. The molecular weight excluding hydrogens is 559 g/mol. The van der Waals surface area contributed by atoms with Crippen molar-refractivity contribution in [3.63, 3.8) is 0 Å². The third-order valence-electron chi connectivity index (χ3n) is 5.17. The lowest BCUT2D eigenvalue weighted by Gasteiger charge is -2.08. The molecule has 1 aromatic heterocycles. The Morgan fingerprint density at radius 1 is 1.13 bits per heavy atom. The highest BCUT2D eigenvalue weighted by atomic mass is 32.2. The zero-order valence-corrected chi connectivity index (χ0v) is 26.0. The van der Waals surface area contributed by atoms with Gasteiger partial charge in [0.15, 0.2) is 16.0 Å². The van der Waals surface area contributed by atoms with Gasteiger partial charge in [-0.25, -0.2) is 21.6 Å². The first-order chi connectivity index (χ1) is 18.3. The first kappa shape index (κ1) is 36.2. The molecule has 1 fully saturated rings. The number of aliphatic imine (C=N–C) groups is 1. The largest absolute Gasteiger partial charge is 0.354 e. The zero-order valence-electron chi connectivity index (χ0n) is 23.5. The van der Waals surface area contributed by atoms with E-state index < -0.39 is 19.9 Å². The second kappa shape index (κ2) is 19.3. The third kappa shape index (κ3) is 17.4. The fourth-order valence-electron chi connectivity index (χ4n) is 3.26. The van der Waals surface area contributed by atoms with Crippen LogP contribution in [0.5, 0.6) is 0 Å². The molecule has 0 bridgehead atoms. The van der Waals surface area contributed by atoms with E-state index in [2.05, 4.69) is 20.3 Å². The van der Waals surface area contributed by atoms with Crippen LogP contribution < -0.4 is 15.4 Å². The zero-order chi connectivity index (χ0) is 29.9. The topological polar surface area (TPSA) is 158 Å². The summed E-state index contributed by atoms with van der Waals surface area (Å²) in [7, 11) is -2.60. The summed E-state index contributed by atoms with van der Waals surface area (Å²) >= 11 is 1.44. The van der Waals surface area contributed by atoms with E-state index in [1.165, 1.54) is 43.3 Å². The number of nitrogens with one attached hydrogen (secondary N) is 3. The molecule has 0 spiro atoms. The Kier molecular flexibility index (Phi) is 17.9. The molecule has 3 rings (SSSR count). The number of rotatable bonds is 6. The molecule has 0 saturated heterocycles. The lowest BCUT2D eigenvalue weighted by molar-refractivity contribution is 0.0967. The quantitative estimate of drug-likeness (QED) is 0.198. The molecule has 1 aliphatic rings. The van der Waals surface area contributed by atoms with E-state index in [9.17, 15) is 21.6 Å². The Labute approximate surface area is 237 Å². The lowest BCUT2D eigenvalue weighted by atomic mass is 10.1. The highest BCUT2D eigenvalue weighted by molar-refractivity contribution is 7.90. The number of aryl methyl sites for hydroxylation is 1. The van der Waals surface area contributed by atoms with Gasteiger partial charge in [0, 0.05) is 32.8 Å². The van der Waals surface area contributed by atoms with Crippen LogP contribution in [0.2, 0.25) is 0 Å². The number of carbonyl (C=O) groups excluding carboxylic acids is 1. The van der Waals surface area contributed by atoms with Crippen molar-refractivity contribution >= 4 is 42.9 Å². The summed E-state index contributed by atoms with van der Waals surface area (Å²) < 4.78 is 44.9. The maximum atomic E-state index is 11.0. The third-order valence-corrected chi connectivity index (χ3v) is 7.88. The van der Waals surface area contributed by atoms with Crippen LogP contribution in [0, 0.1) is 24.3 Å². The van der Waals surface area contributed by atoms with Crippen LogP contribution in [0.4, 0.5) is 0 Å². The number of sulfonamides is 1. The van der Waals surface area contributed by atoms with Gasteiger partial charge in [-0.15, -0.1) is 11.3 Å². The molecule has 1 aromatic carbocycles. The van der Waals surface area contributed by atoms with Gasteiger partial charge in [-0.05, 0) is 55.3 Å². The second-order valence-electron chi connectivity index (χ2n) is 8.64. The molecule has 3 N–H and O–H groups in total. The average molecular weight is 600 g/mol. The highest BCUT2D eigenvalue weighted by Gasteiger charge is 2.19. The van der Waals surface area contributed by atoms with Gasteiger partial charge in [-0.3, -0.25) is 15.1 Å². The van der Waals surface area contributed by atoms with Gasteiger partial charge in [0.25, 0.3) is 5.91 Å². The van der Waals surface area contributed by atoms with Crippen LogP contribution in [0.15, 0.2) is 51.7 Å². The Morgan fingerprint density at radius 2 is 1.77 bits per heavy atom. The van der Waals surface area contributed by atoms with E-state index in [1.54, 1.807) is 38.4 Å². The van der Waals surface area contributed by atoms with Crippen molar-refractivity contribution in [3.05, 3.63) is 52.2 Å². The molecule has 1 heterocycles. The maximum absolute atomic E-state index is 11.0. The molecule has 1 saturated carbocycles. The molecule has 218 valence electrons. The smallest absolute Gasteiger partial charge is 0.261 e. The van der Waals surface area contributed by atoms with Gasteiger partial charge in [0.2, 0.25) is 10.0 Å². The minimum atomic E-state index is -3.03. The minimum absolute atomic E-state index is 0.00926. The summed E-state index contributed by atoms with van der Waals surface area (Å²) in [6, 6.07) is 10.5. The summed E-state index contributed by atoms with van der Waals surface area (Å²) in [4.78, 5) is 16.0. The standard InChI is InChI=1S/C8H13N3.C8H10O2S.C6H7NOS.C4H11NO2S/c1-10-8(11-6-9)7-4-2-3-5-7;1-7-4-3-5-8(6-7)11(2,9)10;1-7-6(8)5-3-2-4-9-5;1-3-4-5-8(2,6)7/h7H,2-5H2,1H3,(H,10,11);3-6H,1-2H3;2-4H,1H3,(H,7,8);5H,3-4H2,1-2H3. The fraction of sp³-hybridized carbons (Fsp3) is 0.500. The molecule has 1 amide bonds. The van der Waals surface area contributed by atoms with E-state index in [0.717, 1.165) is 29.0 Å². The Hall–Kier alpha value is -2.79. The van der Waals surface area contributed by atoms with Gasteiger partial charge < -0.3 is 5.32 Å². The Balaban J connectivity index is 0.000000498. The first-order valence-electron chi connectivity index (χ1n) is 12.4. The number of hydrogen-bond donors (Lipinski definition) is 3. The number of nitriles is 1. The predicted octanol–water partition coefficient (Wildman–Crippen LogP) is 3.73. The molecule has 0 aliphatic heterocycles. The van der Waals surface area contributed by atoms with Gasteiger partial charge in [-0.2, -0.15) is 5.26 Å². The number of carbonyl (C=O) groups is 1. The first-order valence-corrected chi connectivity index (χ1v) is 17.0. The number of amides is 1.